The highest BCUT2D eigenvalue weighted by molar-refractivity contribution is 6.10. The van der Waals surface area contributed by atoms with Gasteiger partial charge in [-0.05, 0) is 145 Å². The molecule has 3 heterocycles. The standard InChI is InChI=1S/C76H62N4O/c1-48-39-40-77-71(41-48)80-67-34-15-11-25-58(67)59-38-37-54(46-70(59)80)81-53-22-18-21-52(45-53)78-47-79(69-36-17-16-35-68(69)78)73-55(49-42-50(74(2,3)4)44-51(43-49)75(5,6)7)27-19-29-61(73)60-28-20-33-66-72(60)62-26-10-14-32-65(62)76(66)63-30-12-8-23-56(63)57-24-9-13-31-64(57)76/h8-46H,47H2,1-7H3/i1D3. The summed E-state index contributed by atoms with van der Waals surface area (Å²) < 4.78 is 33.4. The molecular weight excluding hydrogens is 985 g/mol. The minimum absolute atomic E-state index is 0.0985. The molecule has 5 heteroatoms. The third kappa shape index (κ3) is 7.48. The fourth-order valence-corrected chi connectivity index (χ4v) is 13.6. The van der Waals surface area contributed by atoms with Crippen LogP contribution in [0.5, 0.6) is 11.5 Å². The van der Waals surface area contributed by atoms with E-state index >= 15 is 0 Å². The number of benzene rings is 10. The van der Waals surface area contributed by atoms with E-state index in [0.717, 1.165) is 50.1 Å². The molecule has 1 spiro atoms. The van der Waals surface area contributed by atoms with Crippen molar-refractivity contribution in [2.75, 3.05) is 16.5 Å². The van der Waals surface area contributed by atoms with Gasteiger partial charge in [0.05, 0.1) is 33.5 Å². The highest BCUT2D eigenvalue weighted by atomic mass is 16.5. The summed E-state index contributed by atoms with van der Waals surface area (Å²) in [5, 5.41) is 2.05. The van der Waals surface area contributed by atoms with Crippen LogP contribution in [0, 0.1) is 6.85 Å². The number of anilines is 4. The van der Waals surface area contributed by atoms with Gasteiger partial charge in [0.15, 0.2) is 0 Å². The third-order valence-corrected chi connectivity index (χ3v) is 17.3. The number of ether oxygens (including phenoxy) is 1. The van der Waals surface area contributed by atoms with E-state index in [4.69, 9.17) is 13.8 Å². The topological polar surface area (TPSA) is 33.5 Å². The number of nitrogens with zero attached hydrogens (tertiary/aromatic N) is 4. The number of hydrogen-bond acceptors (Lipinski definition) is 4. The third-order valence-electron chi connectivity index (χ3n) is 17.3. The lowest BCUT2D eigenvalue weighted by molar-refractivity contribution is 0.483. The fraction of sp³-hybridized carbons (Fsp3) is 0.145. The number of hydrogen-bond donors (Lipinski definition) is 0. The van der Waals surface area contributed by atoms with Gasteiger partial charge in [0, 0.05) is 50.0 Å². The van der Waals surface area contributed by atoms with E-state index in [2.05, 4.69) is 233 Å². The van der Waals surface area contributed by atoms with E-state index < -0.39 is 12.3 Å². The fourth-order valence-electron chi connectivity index (χ4n) is 13.6. The van der Waals surface area contributed by atoms with Crippen LogP contribution in [0.4, 0.5) is 22.7 Å². The van der Waals surface area contributed by atoms with Gasteiger partial charge in [-0.1, -0.05) is 205 Å². The average molecular weight is 1050 g/mol. The van der Waals surface area contributed by atoms with Gasteiger partial charge in [0.2, 0.25) is 0 Å². The zero-order chi connectivity index (χ0) is 57.4. The molecule has 0 amide bonds. The van der Waals surface area contributed by atoms with Crippen molar-refractivity contribution in [3.05, 3.63) is 276 Å². The first-order valence-corrected chi connectivity index (χ1v) is 28.2. The highest BCUT2D eigenvalue weighted by Gasteiger charge is 2.52. The second-order valence-corrected chi connectivity index (χ2v) is 24.1. The molecule has 12 aromatic rings. The Hall–Kier alpha value is -9.45. The molecule has 0 radical (unpaired) electrons. The Labute approximate surface area is 479 Å². The molecule has 0 saturated carbocycles. The van der Waals surface area contributed by atoms with Crippen LogP contribution < -0.4 is 14.5 Å². The van der Waals surface area contributed by atoms with Crippen LogP contribution >= 0.6 is 0 Å². The Kier molecular flexibility index (Phi) is 10.1. The quantitative estimate of drug-likeness (QED) is 0.159. The number of aryl methyl sites for hydroxylation is 1. The van der Waals surface area contributed by atoms with Crippen LogP contribution in [0.25, 0.3) is 72.1 Å². The number of rotatable bonds is 7. The Bertz CT molecular complexity index is 4590. The summed E-state index contributed by atoms with van der Waals surface area (Å²) in [5.41, 5.74) is 23.4. The van der Waals surface area contributed by atoms with Crippen molar-refractivity contribution in [1.29, 1.82) is 0 Å². The van der Waals surface area contributed by atoms with Gasteiger partial charge in [-0.15, -0.1) is 0 Å². The van der Waals surface area contributed by atoms with Gasteiger partial charge >= 0.3 is 0 Å². The number of para-hydroxylation sites is 4. The molecule has 2 aromatic heterocycles. The number of fused-ring (bicyclic) bond motifs is 14. The summed E-state index contributed by atoms with van der Waals surface area (Å²) in [6.45, 7) is 12.2. The van der Waals surface area contributed by atoms with Crippen molar-refractivity contribution in [3.8, 4) is 61.8 Å². The first kappa shape index (κ1) is 45.4. The molecular formula is C76H62N4O. The SMILES string of the molecule is [2H]C([2H])([2H])c1ccnc(-n2c3ccccc3c3ccc(Oc4cccc(N5CN(c6c(-c7cc(C(C)(C)C)cc(C(C)(C)C)c7)cccc6-c6cccc7c6-c6ccccc6C76c7ccccc7-c7ccccc76)c6ccccc65)c4)cc32)c1. The lowest BCUT2D eigenvalue weighted by atomic mass is 9.70. The van der Waals surface area contributed by atoms with Crippen molar-refractivity contribution in [2.24, 2.45) is 0 Å². The van der Waals surface area contributed by atoms with Crippen molar-refractivity contribution in [2.45, 2.75) is 64.6 Å². The Morgan fingerprint density at radius 1 is 0.457 bits per heavy atom. The van der Waals surface area contributed by atoms with Crippen molar-refractivity contribution in [1.82, 2.24) is 9.55 Å². The van der Waals surface area contributed by atoms with E-state index in [1.165, 1.54) is 72.3 Å². The maximum Gasteiger partial charge on any atom is 0.137 e. The molecule has 0 saturated heterocycles. The van der Waals surface area contributed by atoms with E-state index in [0.29, 0.717) is 24.0 Å². The minimum Gasteiger partial charge on any atom is -0.457 e. The maximum absolute atomic E-state index is 8.18. The van der Waals surface area contributed by atoms with Gasteiger partial charge in [-0.25, -0.2) is 4.98 Å². The summed E-state index contributed by atoms with van der Waals surface area (Å²) in [7, 11) is 0. The second kappa shape index (κ2) is 18.0. The van der Waals surface area contributed by atoms with Crippen molar-refractivity contribution >= 4 is 44.6 Å². The van der Waals surface area contributed by atoms with Gasteiger partial charge in [-0.2, -0.15) is 0 Å². The molecule has 81 heavy (non-hydrogen) atoms. The minimum atomic E-state index is -2.28. The summed E-state index contributed by atoms with van der Waals surface area (Å²) in [5.74, 6) is 1.86. The molecule has 1 aliphatic heterocycles. The molecule has 0 N–H and O–H groups in total. The summed E-state index contributed by atoms with van der Waals surface area (Å²) in [4.78, 5) is 9.66. The van der Waals surface area contributed by atoms with E-state index in [-0.39, 0.29) is 16.4 Å². The Morgan fingerprint density at radius 2 is 1.02 bits per heavy atom. The molecule has 0 unspecified atom stereocenters. The normalized spacial score (nSPS) is 14.6. The van der Waals surface area contributed by atoms with E-state index in [1.807, 2.05) is 41.0 Å². The second-order valence-electron chi connectivity index (χ2n) is 24.1. The summed E-state index contributed by atoms with van der Waals surface area (Å²) >= 11 is 0. The van der Waals surface area contributed by atoms with E-state index in [9.17, 15) is 0 Å². The lowest BCUT2D eigenvalue weighted by Crippen LogP contribution is -2.26. The van der Waals surface area contributed by atoms with Crippen LogP contribution in [-0.4, -0.2) is 16.2 Å². The predicted molar refractivity (Wildman–Crippen MR) is 336 cm³/mol. The first-order chi connectivity index (χ1) is 40.6. The Morgan fingerprint density at radius 3 is 1.75 bits per heavy atom. The molecule has 15 rings (SSSR count). The monoisotopic (exact) mass is 1050 g/mol. The molecule has 2 aliphatic carbocycles. The zero-order valence-electron chi connectivity index (χ0n) is 49.4. The first-order valence-electron chi connectivity index (χ1n) is 29.7. The number of pyridine rings is 1. The zero-order valence-corrected chi connectivity index (χ0v) is 46.4. The molecule has 392 valence electrons. The largest absolute Gasteiger partial charge is 0.457 e. The smallest absolute Gasteiger partial charge is 0.137 e. The molecule has 0 fully saturated rings. The molecule has 10 aromatic carbocycles. The van der Waals surface area contributed by atoms with Crippen molar-refractivity contribution in [3.63, 3.8) is 0 Å². The van der Waals surface area contributed by atoms with Crippen LogP contribution in [0.3, 0.4) is 0 Å². The van der Waals surface area contributed by atoms with Crippen LogP contribution in [0.15, 0.2) is 237 Å². The molecule has 0 atom stereocenters. The van der Waals surface area contributed by atoms with Gasteiger partial charge in [0.1, 0.15) is 24.0 Å². The summed E-state index contributed by atoms with van der Waals surface area (Å²) in [6, 6.07) is 83.2. The van der Waals surface area contributed by atoms with E-state index in [1.54, 1.807) is 18.3 Å². The van der Waals surface area contributed by atoms with Crippen LogP contribution in [0.1, 0.15) is 84.6 Å². The lowest BCUT2D eigenvalue weighted by Gasteiger charge is -2.31. The molecule has 5 nitrogen and oxygen atoms in total. The van der Waals surface area contributed by atoms with Crippen molar-refractivity contribution < 1.29 is 8.85 Å². The average Bonchev–Trinajstić information content (AvgIpc) is 1.77. The molecule has 0 bridgehead atoms. The summed E-state index contributed by atoms with van der Waals surface area (Å²) in [6.07, 6.45) is 1.57. The van der Waals surface area contributed by atoms with Gasteiger partial charge < -0.3 is 14.5 Å². The Balaban J connectivity index is 0.891. The number of aromatic nitrogens is 2. The van der Waals surface area contributed by atoms with Gasteiger partial charge in [-0.3, -0.25) is 4.57 Å². The van der Waals surface area contributed by atoms with Gasteiger partial charge in [0.25, 0.3) is 0 Å². The van der Waals surface area contributed by atoms with Crippen LogP contribution in [0.2, 0.25) is 0 Å². The maximum atomic E-state index is 8.18. The molecule has 3 aliphatic rings. The highest BCUT2D eigenvalue weighted by Crippen LogP contribution is 2.65. The van der Waals surface area contributed by atoms with Crippen LogP contribution in [-0.2, 0) is 16.2 Å². The predicted octanol–water partition coefficient (Wildman–Crippen LogP) is 19.8.